The number of aliphatic imine (C=N–C) groups is 1. The topological polar surface area (TPSA) is 53.9 Å². The maximum Gasteiger partial charge on any atom is 0.436 e. The van der Waals surface area contributed by atoms with Crippen molar-refractivity contribution in [2.45, 2.75) is 11.8 Å². The maximum absolute atomic E-state index is 13.8. The van der Waals surface area contributed by atoms with E-state index < -0.39 is 17.9 Å². The zero-order chi connectivity index (χ0) is 16.7. The monoisotopic (exact) mass is 323 g/mol. The van der Waals surface area contributed by atoms with E-state index in [-0.39, 0.29) is 11.4 Å². The number of ether oxygens (including phenoxy) is 1. The van der Waals surface area contributed by atoms with E-state index in [1.54, 1.807) is 0 Å². The van der Waals surface area contributed by atoms with Crippen LogP contribution in [0.15, 0.2) is 53.7 Å². The van der Waals surface area contributed by atoms with E-state index >= 15 is 0 Å². The molecule has 2 amide bonds. The molecule has 1 aromatic carbocycles. The maximum atomic E-state index is 13.8. The van der Waals surface area contributed by atoms with E-state index in [1.807, 2.05) is 5.32 Å². The number of carbonyl (C=O) groups excluding carboxylic acids is 1. The van der Waals surface area contributed by atoms with Crippen LogP contribution in [0.4, 0.5) is 18.0 Å². The van der Waals surface area contributed by atoms with Crippen molar-refractivity contribution in [3.63, 3.8) is 0 Å². The van der Waals surface area contributed by atoms with Gasteiger partial charge in [0.2, 0.25) is 0 Å². The number of halogens is 3. The molecule has 0 saturated heterocycles. The Morgan fingerprint density at radius 3 is 2.52 bits per heavy atom. The number of amidine groups is 1. The van der Waals surface area contributed by atoms with Gasteiger partial charge in [0, 0.05) is 11.8 Å². The van der Waals surface area contributed by atoms with Gasteiger partial charge in [-0.2, -0.15) is 13.2 Å². The predicted octanol–water partition coefficient (Wildman–Crippen LogP) is 2.92. The molecular formula is C15H12F3N3O2. The summed E-state index contributed by atoms with van der Waals surface area (Å²) in [5.41, 5.74) is -3.04. The van der Waals surface area contributed by atoms with Crippen LogP contribution < -0.4 is 10.1 Å². The fraction of sp³-hybridized carbons (Fsp3) is 0.200. The number of fused-ring (bicyclic) bond motifs is 1. The molecule has 0 spiro atoms. The zero-order valence-electron chi connectivity index (χ0n) is 12.0. The number of rotatable bonds is 2. The number of benzene rings is 1. The van der Waals surface area contributed by atoms with Crippen LogP contribution in [-0.4, -0.2) is 30.1 Å². The largest absolute Gasteiger partial charge is 0.497 e. The summed E-state index contributed by atoms with van der Waals surface area (Å²) in [6.07, 6.45) is 0.937. The molecule has 1 aromatic rings. The number of nitrogens with zero attached hydrogens (tertiary/aromatic N) is 2. The van der Waals surface area contributed by atoms with Gasteiger partial charge in [0.15, 0.2) is 0 Å². The SMILES string of the molecule is COc1ccc([C@]2(C(F)(F)F)N=C3C=CC=CN3C(=O)N2)cc1. The molecule has 5 nitrogen and oxygen atoms in total. The number of allylic oxidation sites excluding steroid dienone is 2. The number of amides is 2. The average Bonchev–Trinajstić information content (AvgIpc) is 2.54. The van der Waals surface area contributed by atoms with Crippen molar-refractivity contribution >= 4 is 11.9 Å². The Labute approximate surface area is 129 Å². The van der Waals surface area contributed by atoms with Crippen LogP contribution in [0.5, 0.6) is 5.75 Å². The van der Waals surface area contributed by atoms with E-state index in [2.05, 4.69) is 4.99 Å². The van der Waals surface area contributed by atoms with Gasteiger partial charge in [-0.05, 0) is 24.3 Å². The number of carbonyl (C=O) groups is 1. The minimum absolute atomic E-state index is 0.0793. The van der Waals surface area contributed by atoms with Gasteiger partial charge in [0.1, 0.15) is 11.6 Å². The Morgan fingerprint density at radius 2 is 1.91 bits per heavy atom. The molecule has 120 valence electrons. The van der Waals surface area contributed by atoms with Gasteiger partial charge in [-0.15, -0.1) is 0 Å². The van der Waals surface area contributed by atoms with E-state index in [0.717, 1.165) is 4.90 Å². The van der Waals surface area contributed by atoms with Gasteiger partial charge < -0.3 is 10.1 Å². The smallest absolute Gasteiger partial charge is 0.436 e. The number of hydrogen-bond acceptors (Lipinski definition) is 3. The molecule has 8 heteroatoms. The molecule has 3 rings (SSSR count). The van der Waals surface area contributed by atoms with Crippen molar-refractivity contribution in [1.29, 1.82) is 0 Å². The highest BCUT2D eigenvalue weighted by Crippen LogP contribution is 2.42. The highest BCUT2D eigenvalue weighted by atomic mass is 19.4. The molecule has 0 radical (unpaired) electrons. The Bertz CT molecular complexity index is 722. The fourth-order valence-electron chi connectivity index (χ4n) is 2.38. The number of hydrogen-bond donors (Lipinski definition) is 1. The van der Waals surface area contributed by atoms with Crippen LogP contribution in [0.3, 0.4) is 0 Å². The second-order valence-corrected chi connectivity index (χ2v) is 4.91. The third kappa shape index (κ3) is 2.36. The fourth-order valence-corrected chi connectivity index (χ4v) is 2.38. The Balaban J connectivity index is 2.17. The molecule has 0 unspecified atom stereocenters. The summed E-state index contributed by atoms with van der Waals surface area (Å²) in [5.74, 6) is 0.326. The molecular weight excluding hydrogens is 311 g/mol. The third-order valence-corrected chi connectivity index (χ3v) is 3.55. The van der Waals surface area contributed by atoms with E-state index in [4.69, 9.17) is 4.74 Å². The summed E-state index contributed by atoms with van der Waals surface area (Å²) < 4.78 is 46.3. The lowest BCUT2D eigenvalue weighted by molar-refractivity contribution is -0.196. The Hall–Kier alpha value is -2.77. The quantitative estimate of drug-likeness (QED) is 0.910. The van der Waals surface area contributed by atoms with E-state index in [9.17, 15) is 18.0 Å². The van der Waals surface area contributed by atoms with Crippen molar-refractivity contribution in [2.75, 3.05) is 7.11 Å². The standard InChI is InChI=1S/C15H12F3N3O2/c1-23-11-7-5-10(6-8-11)14(15(16,17)18)19-12-4-2-3-9-21(12)13(22)20-14/h2-9H,1H3,(H,20,22)/t14-/m0/s1. The molecule has 0 fully saturated rings. The van der Waals surface area contributed by atoms with Crippen molar-refractivity contribution in [3.05, 3.63) is 54.3 Å². The minimum atomic E-state index is -4.81. The Kier molecular flexibility index (Phi) is 3.39. The lowest BCUT2D eigenvalue weighted by Crippen LogP contribution is -2.62. The van der Waals surface area contributed by atoms with Crippen molar-refractivity contribution in [3.8, 4) is 5.75 Å². The van der Waals surface area contributed by atoms with E-state index in [1.165, 1.54) is 55.8 Å². The van der Waals surface area contributed by atoms with Gasteiger partial charge in [-0.3, -0.25) is 4.90 Å². The lowest BCUT2D eigenvalue weighted by atomic mass is 9.97. The number of methoxy groups -OCH3 is 1. The number of urea groups is 1. The minimum Gasteiger partial charge on any atom is -0.497 e. The molecule has 1 N–H and O–H groups in total. The highest BCUT2D eigenvalue weighted by Gasteiger charge is 2.60. The first-order valence-corrected chi connectivity index (χ1v) is 6.65. The number of alkyl halides is 3. The third-order valence-electron chi connectivity index (χ3n) is 3.55. The van der Waals surface area contributed by atoms with Crippen LogP contribution in [0.25, 0.3) is 0 Å². The van der Waals surface area contributed by atoms with Gasteiger partial charge in [-0.1, -0.05) is 18.2 Å². The summed E-state index contributed by atoms with van der Waals surface area (Å²) in [5, 5.41) is 1.97. The van der Waals surface area contributed by atoms with Crippen LogP contribution >= 0.6 is 0 Å². The average molecular weight is 323 g/mol. The van der Waals surface area contributed by atoms with Crippen molar-refractivity contribution < 1.29 is 22.7 Å². The Morgan fingerprint density at radius 1 is 1.22 bits per heavy atom. The van der Waals surface area contributed by atoms with E-state index in [0.29, 0.717) is 5.75 Å². The second kappa shape index (κ2) is 5.15. The predicted molar refractivity (Wildman–Crippen MR) is 76.8 cm³/mol. The number of nitrogens with one attached hydrogen (secondary N) is 1. The lowest BCUT2D eigenvalue weighted by Gasteiger charge is -2.39. The van der Waals surface area contributed by atoms with Gasteiger partial charge >= 0.3 is 12.2 Å². The van der Waals surface area contributed by atoms with Gasteiger partial charge in [0.25, 0.3) is 5.66 Å². The summed E-state index contributed by atoms with van der Waals surface area (Å²) in [7, 11) is 1.41. The molecule has 2 aliphatic heterocycles. The summed E-state index contributed by atoms with van der Waals surface area (Å²) in [4.78, 5) is 16.9. The first kappa shape index (κ1) is 15.1. The summed E-state index contributed by atoms with van der Waals surface area (Å²) >= 11 is 0. The highest BCUT2D eigenvalue weighted by molar-refractivity contribution is 6.07. The molecule has 2 heterocycles. The van der Waals surface area contributed by atoms with Crippen molar-refractivity contribution in [2.24, 2.45) is 4.99 Å². The van der Waals surface area contributed by atoms with Gasteiger partial charge in [0.05, 0.1) is 7.11 Å². The normalized spacial score (nSPS) is 23.2. The first-order chi connectivity index (χ1) is 10.9. The van der Waals surface area contributed by atoms with Crippen molar-refractivity contribution in [1.82, 2.24) is 10.2 Å². The van der Waals surface area contributed by atoms with Crippen LogP contribution in [0, 0.1) is 0 Å². The second-order valence-electron chi connectivity index (χ2n) is 4.91. The molecule has 2 aliphatic rings. The molecule has 0 aromatic heterocycles. The van der Waals surface area contributed by atoms with Gasteiger partial charge in [-0.25, -0.2) is 9.79 Å². The summed E-state index contributed by atoms with van der Waals surface area (Å²) in [6, 6.07) is 4.34. The first-order valence-electron chi connectivity index (χ1n) is 6.65. The molecule has 0 bridgehead atoms. The molecule has 23 heavy (non-hydrogen) atoms. The van der Waals surface area contributed by atoms with Crippen LogP contribution in [-0.2, 0) is 5.66 Å². The molecule has 0 aliphatic carbocycles. The van der Waals surface area contributed by atoms with Crippen LogP contribution in [0.1, 0.15) is 5.56 Å². The molecule has 1 atom stereocenters. The van der Waals surface area contributed by atoms with Crippen LogP contribution in [0.2, 0.25) is 0 Å². The zero-order valence-corrected chi connectivity index (χ0v) is 12.0. The summed E-state index contributed by atoms with van der Waals surface area (Å²) in [6.45, 7) is 0. The molecule has 0 saturated carbocycles.